The van der Waals surface area contributed by atoms with Crippen LogP contribution in [0.15, 0.2) is 24.3 Å². The Morgan fingerprint density at radius 1 is 1.50 bits per heavy atom. The second-order valence-corrected chi connectivity index (χ2v) is 5.79. The summed E-state index contributed by atoms with van der Waals surface area (Å²) < 4.78 is 11.9. The number of unbranched alkanes of at least 4 members (excludes halogenated alkanes) is 1. The summed E-state index contributed by atoms with van der Waals surface area (Å²) in [5.41, 5.74) is 0.916. The third-order valence-electron chi connectivity index (χ3n) is 2.37. The van der Waals surface area contributed by atoms with Crippen LogP contribution in [0.2, 0.25) is 5.02 Å². The van der Waals surface area contributed by atoms with Crippen LogP contribution in [0.3, 0.4) is 0 Å². The number of nitriles is 1. The molecule has 0 aliphatic carbocycles. The van der Waals surface area contributed by atoms with Gasteiger partial charge in [0.15, 0.2) is 0 Å². The van der Waals surface area contributed by atoms with E-state index >= 15 is 0 Å². The van der Waals surface area contributed by atoms with Crippen molar-refractivity contribution < 1.29 is 4.21 Å². The predicted molar refractivity (Wildman–Crippen MR) is 67.7 cm³/mol. The lowest BCUT2D eigenvalue weighted by Crippen LogP contribution is -2.07. The Hall–Kier alpha value is -0.850. The van der Waals surface area contributed by atoms with Crippen LogP contribution < -0.4 is 0 Å². The van der Waals surface area contributed by atoms with E-state index in [1.807, 2.05) is 25.1 Å². The van der Waals surface area contributed by atoms with E-state index in [-0.39, 0.29) is 5.25 Å². The lowest BCUT2D eigenvalue weighted by molar-refractivity contribution is 0.673. The highest BCUT2D eigenvalue weighted by atomic mass is 35.5. The molecule has 0 aromatic heterocycles. The van der Waals surface area contributed by atoms with Gasteiger partial charge >= 0.3 is 0 Å². The highest BCUT2D eigenvalue weighted by molar-refractivity contribution is 7.85. The average Bonchev–Trinajstić information content (AvgIpc) is 2.29. The van der Waals surface area contributed by atoms with Gasteiger partial charge in [-0.15, -0.1) is 0 Å². The molecule has 2 atom stereocenters. The maximum absolute atomic E-state index is 11.9. The Labute approximate surface area is 104 Å². The summed E-state index contributed by atoms with van der Waals surface area (Å²) >= 11 is 6.04. The van der Waals surface area contributed by atoms with E-state index in [0.717, 1.165) is 5.56 Å². The van der Waals surface area contributed by atoms with E-state index in [2.05, 4.69) is 6.07 Å². The molecule has 0 spiro atoms. The molecule has 0 saturated heterocycles. The van der Waals surface area contributed by atoms with Crippen molar-refractivity contribution in [2.24, 2.45) is 0 Å². The first-order chi connectivity index (χ1) is 7.66. The topological polar surface area (TPSA) is 40.9 Å². The van der Waals surface area contributed by atoms with Crippen molar-refractivity contribution in [3.63, 3.8) is 0 Å². The van der Waals surface area contributed by atoms with Gasteiger partial charge in [0.05, 0.1) is 11.3 Å². The monoisotopic (exact) mass is 255 g/mol. The molecule has 4 heteroatoms. The van der Waals surface area contributed by atoms with Gasteiger partial charge in [-0.25, -0.2) is 0 Å². The minimum absolute atomic E-state index is 0.0765. The molecule has 0 aliphatic heterocycles. The zero-order valence-corrected chi connectivity index (χ0v) is 10.7. The summed E-state index contributed by atoms with van der Waals surface area (Å²) in [5, 5.41) is 8.99. The van der Waals surface area contributed by atoms with Gasteiger partial charge in [-0.3, -0.25) is 4.21 Å². The molecule has 0 unspecified atom stereocenters. The summed E-state index contributed by atoms with van der Waals surface area (Å²) in [4.78, 5) is 0. The Bertz CT molecular complexity index is 414. The van der Waals surface area contributed by atoms with Gasteiger partial charge in [-0.1, -0.05) is 29.8 Å². The Balaban J connectivity index is 2.64. The molecule has 0 saturated carbocycles. The van der Waals surface area contributed by atoms with Gasteiger partial charge in [0, 0.05) is 28.0 Å². The Kier molecular flexibility index (Phi) is 5.51. The largest absolute Gasteiger partial charge is 0.259 e. The Morgan fingerprint density at radius 3 is 2.81 bits per heavy atom. The van der Waals surface area contributed by atoms with Crippen LogP contribution in [-0.4, -0.2) is 9.96 Å². The van der Waals surface area contributed by atoms with Gasteiger partial charge in [-0.2, -0.15) is 5.26 Å². The molecule has 86 valence electrons. The molecule has 2 nitrogen and oxygen atoms in total. The molecule has 16 heavy (non-hydrogen) atoms. The summed E-state index contributed by atoms with van der Waals surface area (Å²) in [6, 6.07) is 9.51. The van der Waals surface area contributed by atoms with E-state index in [9.17, 15) is 4.21 Å². The van der Waals surface area contributed by atoms with Crippen LogP contribution in [0.1, 0.15) is 30.6 Å². The third kappa shape index (κ3) is 3.62. The summed E-state index contributed by atoms with van der Waals surface area (Å²) in [6.45, 7) is 1.91. The highest BCUT2D eigenvalue weighted by Crippen LogP contribution is 2.26. The molecule has 0 bridgehead atoms. The van der Waals surface area contributed by atoms with Crippen LogP contribution in [0.4, 0.5) is 0 Å². The first-order valence-corrected chi connectivity index (χ1v) is 6.91. The second kappa shape index (κ2) is 6.67. The second-order valence-electron chi connectivity index (χ2n) is 3.51. The van der Waals surface area contributed by atoms with Crippen LogP contribution in [0, 0.1) is 11.3 Å². The fourth-order valence-electron chi connectivity index (χ4n) is 1.42. The van der Waals surface area contributed by atoms with Crippen LogP contribution in [0.25, 0.3) is 0 Å². The van der Waals surface area contributed by atoms with Crippen molar-refractivity contribution >= 4 is 22.4 Å². The first-order valence-electron chi connectivity index (χ1n) is 5.15. The van der Waals surface area contributed by atoms with E-state index in [1.165, 1.54) is 0 Å². The number of rotatable bonds is 5. The fraction of sp³-hybridized carbons (Fsp3) is 0.417. The summed E-state index contributed by atoms with van der Waals surface area (Å²) in [7, 11) is -0.963. The lowest BCUT2D eigenvalue weighted by atomic mass is 10.2. The molecule has 1 aromatic rings. The maximum atomic E-state index is 11.9. The van der Waals surface area contributed by atoms with Crippen LogP contribution >= 0.6 is 11.6 Å². The number of benzene rings is 1. The molecule has 0 fully saturated rings. The zero-order chi connectivity index (χ0) is 12.0. The summed E-state index contributed by atoms with van der Waals surface area (Å²) in [6.07, 6.45) is 1.14. The summed E-state index contributed by atoms with van der Waals surface area (Å²) in [5.74, 6) is 0.556. The molecule has 1 aromatic carbocycles. The Morgan fingerprint density at radius 2 is 2.19 bits per heavy atom. The van der Waals surface area contributed by atoms with E-state index < -0.39 is 10.8 Å². The molecule has 0 amide bonds. The fourth-order valence-corrected chi connectivity index (χ4v) is 3.05. The van der Waals surface area contributed by atoms with Gasteiger partial charge in [0.2, 0.25) is 0 Å². The molecule has 1 rings (SSSR count). The number of hydrogen-bond donors (Lipinski definition) is 0. The maximum Gasteiger partial charge on any atom is 0.0622 e. The van der Waals surface area contributed by atoms with Gasteiger partial charge in [0.1, 0.15) is 0 Å². The quantitative estimate of drug-likeness (QED) is 0.756. The van der Waals surface area contributed by atoms with Crippen LogP contribution in [-0.2, 0) is 10.8 Å². The lowest BCUT2D eigenvalue weighted by Gasteiger charge is -2.12. The van der Waals surface area contributed by atoms with Crippen molar-refractivity contribution in [3.8, 4) is 6.07 Å². The average molecular weight is 256 g/mol. The minimum Gasteiger partial charge on any atom is -0.259 e. The molecular weight excluding hydrogens is 242 g/mol. The molecular formula is C12H14ClNOS. The molecule has 0 N–H and O–H groups in total. The molecule has 0 heterocycles. The van der Waals surface area contributed by atoms with Crippen molar-refractivity contribution in [2.75, 3.05) is 5.75 Å². The van der Waals surface area contributed by atoms with Gasteiger partial charge in [-0.05, 0) is 25.0 Å². The van der Waals surface area contributed by atoms with E-state index in [0.29, 0.717) is 23.6 Å². The van der Waals surface area contributed by atoms with Crippen molar-refractivity contribution in [2.45, 2.75) is 25.0 Å². The van der Waals surface area contributed by atoms with E-state index in [4.69, 9.17) is 16.9 Å². The number of halogens is 1. The first kappa shape index (κ1) is 13.2. The van der Waals surface area contributed by atoms with E-state index in [1.54, 1.807) is 6.07 Å². The van der Waals surface area contributed by atoms with Crippen molar-refractivity contribution in [1.29, 1.82) is 5.26 Å². The highest BCUT2D eigenvalue weighted by Gasteiger charge is 2.15. The number of nitrogens with zero attached hydrogens (tertiary/aromatic N) is 1. The van der Waals surface area contributed by atoms with Crippen molar-refractivity contribution in [1.82, 2.24) is 0 Å². The van der Waals surface area contributed by atoms with Gasteiger partial charge in [0.25, 0.3) is 0 Å². The smallest absolute Gasteiger partial charge is 0.0622 e. The number of hydrogen-bond acceptors (Lipinski definition) is 2. The minimum atomic E-state index is -0.963. The zero-order valence-electron chi connectivity index (χ0n) is 9.15. The molecule has 0 aliphatic rings. The van der Waals surface area contributed by atoms with Crippen LogP contribution in [0.5, 0.6) is 0 Å². The standard InChI is InChI=1S/C12H14ClNOS/c1-10(16(15)9-5-4-8-14)11-6-2-3-7-12(11)13/h2-3,6-7,10H,4-5,9H2,1H3/t10-,16+/m1/s1. The van der Waals surface area contributed by atoms with Crippen molar-refractivity contribution in [3.05, 3.63) is 34.9 Å². The predicted octanol–water partition coefficient (Wildman–Crippen LogP) is 3.45. The molecule has 0 radical (unpaired) electrons. The normalized spacial score (nSPS) is 14.1. The van der Waals surface area contributed by atoms with Gasteiger partial charge < -0.3 is 0 Å². The third-order valence-corrected chi connectivity index (χ3v) is 4.45. The SMILES string of the molecule is C[C@H](c1ccccc1Cl)[S@@](=O)CCCC#N.